The molecule has 3 nitrogen and oxygen atoms in total. The lowest BCUT2D eigenvalue weighted by Crippen LogP contribution is -1.98. The Morgan fingerprint density at radius 2 is 0.922 bits per heavy atom. The third-order valence-corrected chi connectivity index (χ3v) is 11.8. The van der Waals surface area contributed by atoms with Gasteiger partial charge < -0.3 is 4.57 Å². The highest BCUT2D eigenvalue weighted by Crippen LogP contribution is 2.38. The van der Waals surface area contributed by atoms with Gasteiger partial charge in [-0.15, -0.1) is 0 Å². The summed E-state index contributed by atoms with van der Waals surface area (Å²) in [6, 6.07) is 30.2. The normalized spacial score (nSPS) is 11.7. The van der Waals surface area contributed by atoms with E-state index in [0.717, 1.165) is 49.0 Å². The lowest BCUT2D eigenvalue weighted by atomic mass is 10.0. The fraction of sp³-hybridized carbons (Fsp3) is 0.435. The van der Waals surface area contributed by atoms with Gasteiger partial charge in [-0.1, -0.05) is 171 Å². The zero-order valence-electron chi connectivity index (χ0n) is 30.6. The lowest BCUT2D eigenvalue weighted by molar-refractivity contribution is 0.521. The monoisotopic (exact) mass is 807 g/mol. The summed E-state index contributed by atoms with van der Waals surface area (Å²) >= 11 is 7.46. The van der Waals surface area contributed by atoms with Crippen LogP contribution in [0.4, 0.5) is 0 Å². The molecular formula is C46H55Br2N3. The van der Waals surface area contributed by atoms with Crippen molar-refractivity contribution in [2.75, 3.05) is 0 Å². The molecular weight excluding hydrogens is 754 g/mol. The first-order valence-electron chi connectivity index (χ1n) is 19.9. The van der Waals surface area contributed by atoms with Crippen LogP contribution in [0.1, 0.15) is 122 Å². The van der Waals surface area contributed by atoms with Gasteiger partial charge in [-0.3, -0.25) is 0 Å². The highest BCUT2D eigenvalue weighted by atomic mass is 79.9. The summed E-state index contributed by atoms with van der Waals surface area (Å²) in [6.45, 7) is 3.35. The van der Waals surface area contributed by atoms with Crippen LogP contribution in [0.3, 0.4) is 0 Å². The van der Waals surface area contributed by atoms with Crippen LogP contribution in [0.15, 0.2) is 93.9 Å². The number of benzene rings is 4. The van der Waals surface area contributed by atoms with Crippen LogP contribution < -0.4 is 0 Å². The number of rotatable bonds is 21. The highest BCUT2D eigenvalue weighted by Gasteiger charge is 2.18. The molecule has 0 radical (unpaired) electrons. The second-order valence-electron chi connectivity index (χ2n) is 14.4. The van der Waals surface area contributed by atoms with Crippen molar-refractivity contribution in [3.63, 3.8) is 0 Å². The molecule has 2 heterocycles. The van der Waals surface area contributed by atoms with Crippen molar-refractivity contribution >= 4 is 64.7 Å². The standard InChI is InChI=1S/C46H55Br2N3/c1-2-3-4-5-6-7-8-9-10-11-12-13-14-15-16-17-18-24-33-51-41-28-23-22-27-37(41)38-34-36(29-32-42(38)51)44-43(35-25-20-19-21-26-35)49-45-39(47)30-31-40(48)46(45)50-44/h19-23,25-32,34H,2-18,24,33H2,1H3. The zero-order valence-corrected chi connectivity index (χ0v) is 33.8. The van der Waals surface area contributed by atoms with E-state index in [1.807, 2.05) is 18.2 Å². The van der Waals surface area contributed by atoms with Crippen molar-refractivity contribution in [3.05, 3.63) is 93.9 Å². The molecule has 0 aliphatic carbocycles. The molecule has 0 aliphatic heterocycles. The molecule has 0 amide bonds. The van der Waals surface area contributed by atoms with Gasteiger partial charge in [0.05, 0.1) is 11.4 Å². The van der Waals surface area contributed by atoms with Crippen LogP contribution in [0, 0.1) is 0 Å². The molecule has 4 aromatic carbocycles. The number of nitrogens with zero attached hydrogens (tertiary/aromatic N) is 3. The Morgan fingerprint density at radius 3 is 1.49 bits per heavy atom. The van der Waals surface area contributed by atoms with Gasteiger partial charge in [0.15, 0.2) is 0 Å². The Bertz CT molecular complexity index is 1980. The molecule has 6 aromatic rings. The van der Waals surface area contributed by atoms with E-state index in [9.17, 15) is 0 Å². The summed E-state index contributed by atoms with van der Waals surface area (Å²) in [5.41, 5.74) is 8.26. The number of hydrogen-bond donors (Lipinski definition) is 0. The van der Waals surface area contributed by atoms with Crippen molar-refractivity contribution < 1.29 is 0 Å². The van der Waals surface area contributed by atoms with E-state index < -0.39 is 0 Å². The van der Waals surface area contributed by atoms with Crippen LogP contribution in [0.25, 0.3) is 55.4 Å². The largest absolute Gasteiger partial charge is 0.340 e. The molecule has 0 saturated heterocycles. The van der Waals surface area contributed by atoms with E-state index in [1.54, 1.807) is 0 Å². The number of unbranched alkanes of at least 4 members (excludes halogenated alkanes) is 17. The Hall–Kier alpha value is -3.02. The predicted octanol–water partition coefficient (Wildman–Crippen LogP) is 15.6. The van der Waals surface area contributed by atoms with Gasteiger partial charge >= 0.3 is 0 Å². The maximum atomic E-state index is 5.26. The summed E-state index contributed by atoms with van der Waals surface area (Å²) in [4.78, 5) is 10.5. The fourth-order valence-electron chi connectivity index (χ4n) is 7.68. The molecule has 0 bridgehead atoms. The van der Waals surface area contributed by atoms with Crippen LogP contribution >= 0.6 is 31.9 Å². The van der Waals surface area contributed by atoms with Crippen molar-refractivity contribution in [2.24, 2.45) is 0 Å². The zero-order chi connectivity index (χ0) is 35.3. The molecule has 5 heteroatoms. The maximum Gasteiger partial charge on any atom is 0.105 e. The summed E-state index contributed by atoms with van der Waals surface area (Å²) in [5, 5.41) is 2.58. The minimum Gasteiger partial charge on any atom is -0.340 e. The number of aryl methyl sites for hydroxylation is 1. The fourth-order valence-corrected chi connectivity index (χ4v) is 8.50. The van der Waals surface area contributed by atoms with Crippen molar-refractivity contribution in [2.45, 2.75) is 129 Å². The maximum absolute atomic E-state index is 5.26. The number of hydrogen-bond acceptors (Lipinski definition) is 2. The molecule has 0 aliphatic rings. The Kier molecular flexibility index (Phi) is 14.6. The summed E-state index contributed by atoms with van der Waals surface area (Å²) in [5.74, 6) is 0. The van der Waals surface area contributed by atoms with Crippen LogP contribution in [0.2, 0.25) is 0 Å². The number of para-hydroxylation sites is 1. The van der Waals surface area contributed by atoms with Crippen LogP contribution in [-0.2, 0) is 6.54 Å². The third kappa shape index (κ3) is 9.90. The van der Waals surface area contributed by atoms with Crippen LogP contribution in [-0.4, -0.2) is 14.5 Å². The number of fused-ring (bicyclic) bond motifs is 4. The first-order chi connectivity index (χ1) is 25.2. The molecule has 0 unspecified atom stereocenters. The van der Waals surface area contributed by atoms with Crippen LogP contribution in [0.5, 0.6) is 0 Å². The van der Waals surface area contributed by atoms with Crippen molar-refractivity contribution in [1.29, 1.82) is 0 Å². The van der Waals surface area contributed by atoms with Gasteiger partial charge in [0.2, 0.25) is 0 Å². The van der Waals surface area contributed by atoms with Crippen molar-refractivity contribution in [1.82, 2.24) is 14.5 Å². The van der Waals surface area contributed by atoms with E-state index in [1.165, 1.54) is 137 Å². The SMILES string of the molecule is CCCCCCCCCCCCCCCCCCCCn1c2ccccc2c2cc(-c3nc4c(Br)ccc(Br)c4nc3-c3ccccc3)ccc21. The Morgan fingerprint density at radius 1 is 0.451 bits per heavy atom. The minimum atomic E-state index is 0.856. The molecule has 0 N–H and O–H groups in total. The summed E-state index contributed by atoms with van der Waals surface area (Å²) < 4.78 is 4.42. The Labute approximate surface area is 322 Å². The first-order valence-corrected chi connectivity index (χ1v) is 21.5. The second-order valence-corrected chi connectivity index (χ2v) is 16.1. The van der Waals surface area contributed by atoms with E-state index in [2.05, 4.69) is 110 Å². The van der Waals surface area contributed by atoms with E-state index in [-0.39, 0.29) is 0 Å². The topological polar surface area (TPSA) is 30.7 Å². The van der Waals surface area contributed by atoms with Gasteiger partial charge in [0.25, 0.3) is 0 Å². The van der Waals surface area contributed by atoms with Gasteiger partial charge in [-0.05, 0) is 68.6 Å². The quantitative estimate of drug-likeness (QED) is 0.0678. The molecule has 268 valence electrons. The number of aromatic nitrogens is 3. The van der Waals surface area contributed by atoms with E-state index >= 15 is 0 Å². The van der Waals surface area contributed by atoms with Gasteiger partial charge in [0, 0.05) is 48.4 Å². The molecule has 0 saturated carbocycles. The van der Waals surface area contributed by atoms with Gasteiger partial charge in [0.1, 0.15) is 11.0 Å². The van der Waals surface area contributed by atoms with E-state index in [4.69, 9.17) is 9.97 Å². The molecule has 0 spiro atoms. The highest BCUT2D eigenvalue weighted by molar-refractivity contribution is 9.11. The second kappa shape index (κ2) is 19.7. The molecule has 51 heavy (non-hydrogen) atoms. The average molecular weight is 810 g/mol. The smallest absolute Gasteiger partial charge is 0.105 e. The average Bonchev–Trinajstić information content (AvgIpc) is 3.48. The third-order valence-electron chi connectivity index (χ3n) is 10.6. The Balaban J connectivity index is 1.04. The van der Waals surface area contributed by atoms with E-state index in [0.29, 0.717) is 0 Å². The predicted molar refractivity (Wildman–Crippen MR) is 228 cm³/mol. The lowest BCUT2D eigenvalue weighted by Gasteiger charge is -2.13. The first kappa shape index (κ1) is 37.7. The summed E-state index contributed by atoms with van der Waals surface area (Å²) in [7, 11) is 0. The molecule has 0 fully saturated rings. The van der Waals surface area contributed by atoms with Gasteiger partial charge in [-0.25, -0.2) is 9.97 Å². The van der Waals surface area contributed by atoms with Crippen molar-refractivity contribution in [3.8, 4) is 22.5 Å². The molecule has 6 rings (SSSR count). The summed E-state index contributed by atoms with van der Waals surface area (Å²) in [6.07, 6.45) is 25.2. The minimum absolute atomic E-state index is 0.856. The molecule has 2 aromatic heterocycles. The van der Waals surface area contributed by atoms with Gasteiger partial charge in [-0.2, -0.15) is 0 Å². The molecule has 0 atom stereocenters. The number of halogens is 2.